The van der Waals surface area contributed by atoms with Crippen molar-refractivity contribution in [3.63, 3.8) is 0 Å². The number of carboxylic acids is 1. The monoisotopic (exact) mass is 329 g/mol. The first-order valence-corrected chi connectivity index (χ1v) is 7.19. The third kappa shape index (κ3) is 2.87. The highest BCUT2D eigenvalue weighted by molar-refractivity contribution is 6.30. The van der Waals surface area contributed by atoms with Crippen molar-refractivity contribution in [2.45, 2.75) is 24.7 Å². The Balaban J connectivity index is 0.00000161. The summed E-state index contributed by atoms with van der Waals surface area (Å²) in [4.78, 5) is 25.4. The molecule has 0 bridgehead atoms. The highest BCUT2D eigenvalue weighted by atomic mass is 35.5. The molecule has 0 radical (unpaired) electrons. The zero-order valence-electron chi connectivity index (χ0n) is 11.4. The fourth-order valence-corrected chi connectivity index (χ4v) is 3.09. The molecule has 4 nitrogen and oxygen atoms in total. The standard InChI is InChI=1S/C15H16ClNO3.ClH/c16-12-3-1-11(2-4-12)15(6-7-15)14(20)17-8-5-10(9-17)13(18)19;/h1-4,10H,5-9H2,(H,18,19);1H. The minimum atomic E-state index is -0.809. The number of carbonyl (C=O) groups is 2. The summed E-state index contributed by atoms with van der Waals surface area (Å²) in [6.07, 6.45) is 2.22. The first-order valence-electron chi connectivity index (χ1n) is 6.81. The van der Waals surface area contributed by atoms with Crippen LogP contribution in [0.3, 0.4) is 0 Å². The predicted molar refractivity (Wildman–Crippen MR) is 81.9 cm³/mol. The van der Waals surface area contributed by atoms with Crippen molar-refractivity contribution in [3.05, 3.63) is 34.9 Å². The number of nitrogens with zero attached hydrogens (tertiary/aromatic N) is 1. The molecular weight excluding hydrogens is 313 g/mol. The molecule has 0 aromatic heterocycles. The van der Waals surface area contributed by atoms with E-state index in [1.807, 2.05) is 12.1 Å². The minimum Gasteiger partial charge on any atom is -0.481 e. The molecule has 1 saturated carbocycles. The van der Waals surface area contributed by atoms with Gasteiger partial charge in [0.15, 0.2) is 0 Å². The van der Waals surface area contributed by atoms with Gasteiger partial charge in [0.25, 0.3) is 0 Å². The molecule has 6 heteroatoms. The van der Waals surface area contributed by atoms with E-state index in [1.54, 1.807) is 17.0 Å². The number of hydrogen-bond acceptors (Lipinski definition) is 2. The molecular formula is C15H17Cl2NO3. The third-order valence-corrected chi connectivity index (χ3v) is 4.63. The largest absolute Gasteiger partial charge is 0.481 e. The maximum absolute atomic E-state index is 12.7. The quantitative estimate of drug-likeness (QED) is 0.927. The van der Waals surface area contributed by atoms with Crippen LogP contribution in [0.4, 0.5) is 0 Å². The zero-order chi connectivity index (χ0) is 14.3. The maximum Gasteiger partial charge on any atom is 0.308 e. The Labute approximate surface area is 134 Å². The van der Waals surface area contributed by atoms with Crippen LogP contribution in [0, 0.1) is 5.92 Å². The molecule has 1 heterocycles. The second-order valence-electron chi connectivity index (χ2n) is 5.66. The Bertz CT molecular complexity index is 555. The number of halogens is 2. The Hall–Kier alpha value is -1.26. The summed E-state index contributed by atoms with van der Waals surface area (Å²) < 4.78 is 0. The van der Waals surface area contributed by atoms with Gasteiger partial charge in [-0.15, -0.1) is 12.4 Å². The summed E-state index contributed by atoms with van der Waals surface area (Å²) in [7, 11) is 0. The molecule has 0 spiro atoms. The normalized spacial score (nSPS) is 22.5. The van der Waals surface area contributed by atoms with Crippen LogP contribution in [0.2, 0.25) is 5.02 Å². The summed E-state index contributed by atoms with van der Waals surface area (Å²) in [5.74, 6) is -1.15. The number of carbonyl (C=O) groups excluding carboxylic acids is 1. The van der Waals surface area contributed by atoms with Crippen LogP contribution in [0.15, 0.2) is 24.3 Å². The Morgan fingerprint density at radius 2 is 1.86 bits per heavy atom. The lowest BCUT2D eigenvalue weighted by Gasteiger charge is -2.23. The van der Waals surface area contributed by atoms with Gasteiger partial charge in [0.2, 0.25) is 5.91 Å². The number of amides is 1. The van der Waals surface area contributed by atoms with E-state index in [9.17, 15) is 9.59 Å². The molecule has 21 heavy (non-hydrogen) atoms. The average molecular weight is 330 g/mol. The number of carboxylic acid groups (broad SMARTS) is 1. The molecule has 1 N–H and O–H groups in total. The van der Waals surface area contributed by atoms with Gasteiger partial charge in [-0.05, 0) is 37.0 Å². The smallest absolute Gasteiger partial charge is 0.308 e. The molecule has 1 unspecified atom stereocenters. The van der Waals surface area contributed by atoms with E-state index < -0.39 is 17.3 Å². The summed E-state index contributed by atoms with van der Waals surface area (Å²) in [5.41, 5.74) is 0.559. The van der Waals surface area contributed by atoms with E-state index in [-0.39, 0.29) is 18.3 Å². The molecule has 114 valence electrons. The summed E-state index contributed by atoms with van der Waals surface area (Å²) >= 11 is 5.88. The number of likely N-dealkylation sites (tertiary alicyclic amines) is 1. The molecule has 2 fully saturated rings. The van der Waals surface area contributed by atoms with E-state index in [0.29, 0.717) is 24.5 Å². The van der Waals surface area contributed by atoms with E-state index >= 15 is 0 Å². The van der Waals surface area contributed by atoms with Gasteiger partial charge in [0.1, 0.15) is 0 Å². The second kappa shape index (κ2) is 5.85. The van der Waals surface area contributed by atoms with Crippen LogP contribution in [0.5, 0.6) is 0 Å². The molecule has 2 aliphatic rings. The van der Waals surface area contributed by atoms with E-state index in [2.05, 4.69) is 0 Å². The van der Waals surface area contributed by atoms with Crippen molar-refractivity contribution < 1.29 is 14.7 Å². The zero-order valence-corrected chi connectivity index (χ0v) is 13.0. The van der Waals surface area contributed by atoms with Gasteiger partial charge in [-0.2, -0.15) is 0 Å². The fourth-order valence-electron chi connectivity index (χ4n) is 2.97. The Morgan fingerprint density at radius 3 is 2.33 bits per heavy atom. The van der Waals surface area contributed by atoms with Crippen molar-refractivity contribution >= 4 is 35.9 Å². The van der Waals surface area contributed by atoms with Crippen LogP contribution < -0.4 is 0 Å². The Morgan fingerprint density at radius 1 is 1.24 bits per heavy atom. The lowest BCUT2D eigenvalue weighted by atomic mass is 9.94. The van der Waals surface area contributed by atoms with Crippen LogP contribution >= 0.6 is 24.0 Å². The molecule has 1 aliphatic carbocycles. The predicted octanol–water partition coefficient (Wildman–Crippen LogP) is 2.73. The molecule has 1 aromatic rings. The first-order chi connectivity index (χ1) is 9.53. The molecule has 1 aliphatic heterocycles. The molecule has 3 rings (SSSR count). The van der Waals surface area contributed by atoms with Crippen molar-refractivity contribution in [3.8, 4) is 0 Å². The third-order valence-electron chi connectivity index (χ3n) is 4.38. The summed E-state index contributed by atoms with van der Waals surface area (Å²) in [6, 6.07) is 7.40. The topological polar surface area (TPSA) is 57.6 Å². The molecule has 1 saturated heterocycles. The number of benzene rings is 1. The van der Waals surface area contributed by atoms with Crippen LogP contribution in [-0.4, -0.2) is 35.0 Å². The Kier molecular flexibility index (Phi) is 4.49. The highest BCUT2D eigenvalue weighted by Gasteiger charge is 2.53. The SMILES string of the molecule is Cl.O=C(O)C1CCN(C(=O)C2(c3ccc(Cl)cc3)CC2)C1. The van der Waals surface area contributed by atoms with Crippen LogP contribution in [-0.2, 0) is 15.0 Å². The lowest BCUT2D eigenvalue weighted by Crippen LogP contribution is -2.38. The van der Waals surface area contributed by atoms with Gasteiger partial charge in [0.05, 0.1) is 11.3 Å². The van der Waals surface area contributed by atoms with Gasteiger partial charge in [-0.1, -0.05) is 23.7 Å². The maximum atomic E-state index is 12.7. The minimum absolute atomic E-state index is 0. The second-order valence-corrected chi connectivity index (χ2v) is 6.10. The van der Waals surface area contributed by atoms with Gasteiger partial charge in [-0.3, -0.25) is 9.59 Å². The van der Waals surface area contributed by atoms with Crippen molar-refractivity contribution in [2.75, 3.05) is 13.1 Å². The van der Waals surface area contributed by atoms with Crippen molar-refractivity contribution in [2.24, 2.45) is 5.92 Å². The lowest BCUT2D eigenvalue weighted by molar-refractivity contribution is -0.141. The number of rotatable bonds is 3. The van der Waals surface area contributed by atoms with Gasteiger partial charge < -0.3 is 10.0 Å². The molecule has 1 atom stereocenters. The van der Waals surface area contributed by atoms with Gasteiger partial charge in [-0.25, -0.2) is 0 Å². The van der Waals surface area contributed by atoms with Crippen LogP contribution in [0.1, 0.15) is 24.8 Å². The molecule has 1 amide bonds. The molecule has 1 aromatic carbocycles. The fraction of sp³-hybridized carbons (Fsp3) is 0.467. The van der Waals surface area contributed by atoms with E-state index in [0.717, 1.165) is 18.4 Å². The van der Waals surface area contributed by atoms with E-state index in [1.165, 1.54) is 0 Å². The number of hydrogen-bond donors (Lipinski definition) is 1. The average Bonchev–Trinajstić information content (AvgIpc) is 3.08. The van der Waals surface area contributed by atoms with Gasteiger partial charge in [0, 0.05) is 18.1 Å². The van der Waals surface area contributed by atoms with E-state index in [4.69, 9.17) is 16.7 Å². The van der Waals surface area contributed by atoms with Gasteiger partial charge >= 0.3 is 5.97 Å². The highest BCUT2D eigenvalue weighted by Crippen LogP contribution is 2.50. The number of aliphatic carboxylic acids is 1. The first kappa shape index (κ1) is 16.1. The summed E-state index contributed by atoms with van der Waals surface area (Å²) in [5, 5.41) is 9.68. The summed E-state index contributed by atoms with van der Waals surface area (Å²) in [6.45, 7) is 0.884. The van der Waals surface area contributed by atoms with Crippen molar-refractivity contribution in [1.82, 2.24) is 4.90 Å². The van der Waals surface area contributed by atoms with Crippen molar-refractivity contribution in [1.29, 1.82) is 0 Å². The van der Waals surface area contributed by atoms with Crippen LogP contribution in [0.25, 0.3) is 0 Å².